The lowest BCUT2D eigenvalue weighted by Gasteiger charge is -1.93. The molecule has 0 amide bonds. The van der Waals surface area contributed by atoms with Crippen molar-refractivity contribution in [2.75, 3.05) is 0 Å². The molecule has 0 saturated heterocycles. The van der Waals surface area contributed by atoms with Crippen LogP contribution in [0.25, 0.3) is 0 Å². The number of carboxylic acids is 1. The Bertz CT molecular complexity index is 277. The molecule has 0 aliphatic carbocycles. The number of hydrogen-bond donors (Lipinski definition) is 1. The van der Waals surface area contributed by atoms with E-state index in [1.807, 2.05) is 0 Å². The molecular weight excluding hydrogens is 160 g/mol. The van der Waals surface area contributed by atoms with Crippen molar-refractivity contribution in [1.82, 2.24) is 0 Å². The normalized spacial score (nSPS) is 9.09. The van der Waals surface area contributed by atoms with Gasteiger partial charge in [-0.25, -0.2) is 4.79 Å². The summed E-state index contributed by atoms with van der Waals surface area (Å²) < 4.78 is 0. The van der Waals surface area contributed by atoms with Crippen LogP contribution in [0.5, 0.6) is 0 Å². The molecule has 0 aliphatic rings. The first-order valence-corrected chi connectivity index (χ1v) is 3.49. The van der Waals surface area contributed by atoms with Crippen molar-refractivity contribution in [2.45, 2.75) is 0 Å². The molecule has 1 N–H and O–H groups in total. The molecule has 56 valence electrons. The van der Waals surface area contributed by atoms with E-state index in [1.165, 1.54) is 17.5 Å². The first-order valence-electron chi connectivity index (χ1n) is 3.02. The highest BCUT2D eigenvalue weighted by Crippen LogP contribution is 2.01. The molecule has 2 nitrogen and oxygen atoms in total. The topological polar surface area (TPSA) is 37.3 Å². The van der Waals surface area contributed by atoms with Crippen LogP contribution >= 0.6 is 12.2 Å². The van der Waals surface area contributed by atoms with Crippen LogP contribution in [0.4, 0.5) is 0 Å². The van der Waals surface area contributed by atoms with Crippen molar-refractivity contribution >= 4 is 23.6 Å². The van der Waals surface area contributed by atoms with Gasteiger partial charge in [-0.1, -0.05) is 24.4 Å². The Morgan fingerprint density at radius 3 is 2.27 bits per heavy atom. The zero-order chi connectivity index (χ0) is 8.27. The van der Waals surface area contributed by atoms with Crippen molar-refractivity contribution in [1.29, 1.82) is 0 Å². The number of hydrogen-bond acceptors (Lipinski definition) is 2. The summed E-state index contributed by atoms with van der Waals surface area (Å²) >= 11 is 4.66. The summed E-state index contributed by atoms with van der Waals surface area (Å²) in [5.41, 5.74) is 1.13. The number of rotatable bonds is 2. The number of carboxylic acid groups (broad SMARTS) is 1. The van der Waals surface area contributed by atoms with Crippen LogP contribution in [0.3, 0.4) is 0 Å². The number of carbonyl (C=O) groups is 1. The van der Waals surface area contributed by atoms with Gasteiger partial charge in [0.2, 0.25) is 0 Å². The van der Waals surface area contributed by atoms with Gasteiger partial charge in [0.1, 0.15) is 0 Å². The highest BCUT2D eigenvalue weighted by Gasteiger charge is 1.99. The third-order valence-electron chi connectivity index (χ3n) is 1.29. The average molecular weight is 166 g/mol. The Morgan fingerprint density at radius 2 is 1.91 bits per heavy atom. The van der Waals surface area contributed by atoms with E-state index in [2.05, 4.69) is 12.2 Å². The molecule has 1 aromatic carbocycles. The number of aromatic carboxylic acids is 1. The molecule has 0 aromatic heterocycles. The Balaban J connectivity index is 3.00. The van der Waals surface area contributed by atoms with Crippen molar-refractivity contribution in [3.63, 3.8) is 0 Å². The molecular formula is C8H6O2S. The molecule has 0 heterocycles. The van der Waals surface area contributed by atoms with E-state index >= 15 is 0 Å². The van der Waals surface area contributed by atoms with Crippen LogP contribution in [0.15, 0.2) is 24.3 Å². The molecule has 11 heavy (non-hydrogen) atoms. The van der Waals surface area contributed by atoms with Gasteiger partial charge in [-0.15, -0.1) is 0 Å². The van der Waals surface area contributed by atoms with Gasteiger partial charge in [-0.05, 0) is 17.7 Å². The van der Waals surface area contributed by atoms with Crippen molar-refractivity contribution < 1.29 is 9.90 Å². The molecule has 3 heteroatoms. The third-order valence-corrected chi connectivity index (χ3v) is 1.57. The van der Waals surface area contributed by atoms with Gasteiger partial charge in [-0.2, -0.15) is 0 Å². The molecule has 0 unspecified atom stereocenters. The molecule has 0 radical (unpaired) electrons. The van der Waals surface area contributed by atoms with Crippen LogP contribution in [0.2, 0.25) is 0 Å². The summed E-state index contributed by atoms with van der Waals surface area (Å²) in [6.45, 7) is 0. The largest absolute Gasteiger partial charge is 0.478 e. The fraction of sp³-hybridized carbons (Fsp3) is 0. The van der Waals surface area contributed by atoms with E-state index < -0.39 is 5.97 Å². The average Bonchev–Trinajstić information content (AvgIpc) is 2.05. The predicted octanol–water partition coefficient (Wildman–Crippen LogP) is 1.73. The van der Waals surface area contributed by atoms with Gasteiger partial charge < -0.3 is 5.11 Å². The zero-order valence-electron chi connectivity index (χ0n) is 5.65. The summed E-state index contributed by atoms with van der Waals surface area (Å²) in [6, 6.07) is 6.41. The third kappa shape index (κ3) is 1.85. The van der Waals surface area contributed by atoms with E-state index in [9.17, 15) is 4.79 Å². The Kier molecular flexibility index (Phi) is 2.33. The lowest BCUT2D eigenvalue weighted by atomic mass is 10.2. The molecule has 0 fully saturated rings. The SMILES string of the molecule is O=C(O)c1ccc(C=S)cc1. The highest BCUT2D eigenvalue weighted by atomic mass is 32.1. The number of benzene rings is 1. The second kappa shape index (κ2) is 3.25. The molecule has 0 saturated carbocycles. The van der Waals surface area contributed by atoms with Crippen LogP contribution < -0.4 is 0 Å². The minimum Gasteiger partial charge on any atom is -0.478 e. The van der Waals surface area contributed by atoms with E-state index in [0.717, 1.165) is 5.56 Å². The maximum atomic E-state index is 10.4. The summed E-state index contributed by atoms with van der Waals surface area (Å²) in [5, 5.41) is 10.0. The maximum Gasteiger partial charge on any atom is 0.335 e. The molecule has 1 rings (SSSR count). The van der Waals surface area contributed by atoms with Gasteiger partial charge in [0, 0.05) is 5.37 Å². The molecule has 0 spiro atoms. The summed E-state index contributed by atoms with van der Waals surface area (Å²) in [7, 11) is 0. The second-order valence-corrected chi connectivity index (χ2v) is 2.28. The van der Waals surface area contributed by atoms with Gasteiger partial charge in [0.25, 0.3) is 0 Å². The lowest BCUT2D eigenvalue weighted by Crippen LogP contribution is -1.95. The van der Waals surface area contributed by atoms with E-state index in [-0.39, 0.29) is 5.56 Å². The summed E-state index contributed by atoms with van der Waals surface area (Å²) in [6.07, 6.45) is 0. The summed E-state index contributed by atoms with van der Waals surface area (Å²) in [5.74, 6) is -0.916. The maximum absolute atomic E-state index is 10.4. The molecule has 0 aliphatic heterocycles. The van der Waals surface area contributed by atoms with Crippen molar-refractivity contribution in [3.05, 3.63) is 35.4 Å². The van der Waals surface area contributed by atoms with Crippen LogP contribution in [-0.2, 0) is 0 Å². The summed E-state index contributed by atoms with van der Waals surface area (Å²) in [4.78, 5) is 10.4. The Hall–Kier alpha value is -1.22. The standard InChI is InChI=1S/C8H6O2S/c9-8(10)7-3-1-6(5-11)2-4-7/h1-5H,(H,9,10). The van der Waals surface area contributed by atoms with Gasteiger partial charge in [-0.3, -0.25) is 0 Å². The van der Waals surface area contributed by atoms with Crippen molar-refractivity contribution in [2.24, 2.45) is 0 Å². The first kappa shape index (κ1) is 7.88. The van der Waals surface area contributed by atoms with E-state index in [4.69, 9.17) is 5.11 Å². The lowest BCUT2D eigenvalue weighted by molar-refractivity contribution is 0.0697. The van der Waals surface area contributed by atoms with Gasteiger partial charge >= 0.3 is 5.97 Å². The van der Waals surface area contributed by atoms with Gasteiger partial charge in [0.05, 0.1) is 5.56 Å². The molecule has 0 bridgehead atoms. The zero-order valence-corrected chi connectivity index (χ0v) is 6.47. The Labute approximate surface area is 69.5 Å². The van der Waals surface area contributed by atoms with E-state index in [1.54, 1.807) is 12.1 Å². The van der Waals surface area contributed by atoms with E-state index in [0.29, 0.717) is 0 Å². The predicted molar refractivity (Wildman–Crippen MR) is 46.2 cm³/mol. The highest BCUT2D eigenvalue weighted by molar-refractivity contribution is 7.79. The fourth-order valence-corrected chi connectivity index (χ4v) is 0.861. The van der Waals surface area contributed by atoms with Crippen molar-refractivity contribution in [3.8, 4) is 0 Å². The first-order chi connectivity index (χ1) is 5.24. The molecule has 1 aromatic rings. The fourth-order valence-electron chi connectivity index (χ4n) is 0.704. The van der Waals surface area contributed by atoms with Crippen LogP contribution in [0, 0.1) is 0 Å². The van der Waals surface area contributed by atoms with Crippen LogP contribution in [0.1, 0.15) is 15.9 Å². The number of thiocarbonyl (C=S) groups is 1. The monoisotopic (exact) mass is 166 g/mol. The molecule has 0 atom stereocenters. The second-order valence-electron chi connectivity index (χ2n) is 2.05. The van der Waals surface area contributed by atoms with Crippen LogP contribution in [-0.4, -0.2) is 16.4 Å². The van der Waals surface area contributed by atoms with Gasteiger partial charge in [0.15, 0.2) is 0 Å². The minimum atomic E-state index is -0.916. The smallest absolute Gasteiger partial charge is 0.335 e. The quantitative estimate of drug-likeness (QED) is 0.680. The Morgan fingerprint density at radius 1 is 1.36 bits per heavy atom. The minimum absolute atomic E-state index is 0.283.